The topological polar surface area (TPSA) is 63.6 Å². The molecule has 0 aromatic rings. The van der Waals surface area contributed by atoms with Crippen LogP contribution in [0.2, 0.25) is 0 Å². The van der Waals surface area contributed by atoms with Gasteiger partial charge in [-0.1, -0.05) is 181 Å². The molecule has 42 heavy (non-hydrogen) atoms. The van der Waals surface area contributed by atoms with Crippen molar-refractivity contribution >= 4 is 11.9 Å². The van der Waals surface area contributed by atoms with Crippen molar-refractivity contribution in [1.82, 2.24) is 0 Å². The predicted octanol–water partition coefficient (Wildman–Crippen LogP) is 12.9. The van der Waals surface area contributed by atoms with Gasteiger partial charge in [-0.2, -0.15) is 0 Å². The van der Waals surface area contributed by atoms with Gasteiger partial charge in [-0.15, -0.1) is 0 Å². The number of hydrogen-bond acceptors (Lipinski definition) is 3. The number of carbonyl (C=O) groups excluding carboxylic acids is 1. The maximum absolute atomic E-state index is 12.5. The van der Waals surface area contributed by atoms with Crippen LogP contribution >= 0.6 is 0 Å². The van der Waals surface area contributed by atoms with E-state index in [4.69, 9.17) is 9.84 Å². The van der Waals surface area contributed by atoms with Crippen LogP contribution in [0.4, 0.5) is 0 Å². The molecule has 0 rings (SSSR count). The van der Waals surface area contributed by atoms with Gasteiger partial charge >= 0.3 is 11.9 Å². The van der Waals surface area contributed by atoms with E-state index < -0.39 is 5.97 Å². The number of rotatable bonds is 35. The van der Waals surface area contributed by atoms with E-state index in [9.17, 15) is 9.59 Å². The molecule has 1 atom stereocenters. The summed E-state index contributed by atoms with van der Waals surface area (Å²) in [4.78, 5) is 23.4. The molecule has 0 aromatic heterocycles. The fourth-order valence-corrected chi connectivity index (χ4v) is 6.02. The first-order chi connectivity index (χ1) is 20.6. The third kappa shape index (κ3) is 33.4. The fourth-order valence-electron chi connectivity index (χ4n) is 6.02. The summed E-state index contributed by atoms with van der Waals surface area (Å²) in [5.74, 6) is -0.851. The standard InChI is InChI=1S/C38H74O4/c1-3-5-7-9-11-13-14-15-16-17-18-19-20-21-22-24-26-28-30-35-38(41)42-36(33-31-34-37(39)40)32-29-27-25-23-12-10-8-6-4-2/h36H,3-35H2,1-2H3,(H,39,40). The first-order valence-corrected chi connectivity index (χ1v) is 19.0. The van der Waals surface area contributed by atoms with Gasteiger partial charge in [-0.05, 0) is 32.1 Å². The lowest BCUT2D eigenvalue weighted by Gasteiger charge is -2.18. The molecular formula is C38H74O4. The summed E-state index contributed by atoms with van der Waals surface area (Å²) in [6.07, 6.45) is 39.8. The molecule has 0 bridgehead atoms. The Morgan fingerprint density at radius 3 is 1.10 bits per heavy atom. The van der Waals surface area contributed by atoms with Crippen LogP contribution in [0.25, 0.3) is 0 Å². The summed E-state index contributed by atoms with van der Waals surface area (Å²) >= 11 is 0. The SMILES string of the molecule is CCCCCCCCCCCCCCCCCCCCCC(=O)OC(CCCCCCCCCCC)CCCC(=O)O. The predicted molar refractivity (Wildman–Crippen MR) is 181 cm³/mol. The Bertz CT molecular complexity index is 561. The molecule has 1 unspecified atom stereocenters. The minimum absolute atomic E-state index is 0.0850. The number of hydrogen-bond donors (Lipinski definition) is 1. The lowest BCUT2D eigenvalue weighted by atomic mass is 10.0. The number of carboxylic acid groups (broad SMARTS) is 1. The van der Waals surface area contributed by atoms with Gasteiger partial charge in [0.1, 0.15) is 6.10 Å². The second-order valence-electron chi connectivity index (χ2n) is 13.1. The summed E-state index contributed by atoms with van der Waals surface area (Å²) in [6.45, 7) is 4.54. The minimum Gasteiger partial charge on any atom is -0.481 e. The number of carboxylic acids is 1. The Kier molecular flexibility index (Phi) is 33.6. The largest absolute Gasteiger partial charge is 0.481 e. The molecule has 1 N–H and O–H groups in total. The van der Waals surface area contributed by atoms with Crippen molar-refractivity contribution < 1.29 is 19.4 Å². The van der Waals surface area contributed by atoms with Crippen molar-refractivity contribution in [3.05, 3.63) is 0 Å². The number of aliphatic carboxylic acids is 1. The monoisotopic (exact) mass is 595 g/mol. The van der Waals surface area contributed by atoms with Crippen LogP contribution in [0.1, 0.15) is 226 Å². The normalized spacial score (nSPS) is 12.0. The molecule has 4 heteroatoms. The second kappa shape index (κ2) is 34.4. The zero-order valence-corrected chi connectivity index (χ0v) is 28.6. The molecule has 0 heterocycles. The molecule has 0 radical (unpaired) electrons. The minimum atomic E-state index is -0.766. The van der Waals surface area contributed by atoms with Gasteiger partial charge in [0.15, 0.2) is 0 Å². The number of ether oxygens (including phenoxy) is 1. The van der Waals surface area contributed by atoms with E-state index in [2.05, 4.69) is 13.8 Å². The van der Waals surface area contributed by atoms with E-state index in [1.807, 2.05) is 0 Å². The maximum atomic E-state index is 12.5. The van der Waals surface area contributed by atoms with Gasteiger partial charge in [-0.25, -0.2) is 0 Å². The van der Waals surface area contributed by atoms with Gasteiger partial charge in [0, 0.05) is 12.8 Å². The molecular weight excluding hydrogens is 520 g/mol. The first kappa shape index (κ1) is 40.9. The lowest BCUT2D eigenvalue weighted by molar-refractivity contribution is -0.150. The molecule has 0 amide bonds. The van der Waals surface area contributed by atoms with Crippen LogP contribution in [0.5, 0.6) is 0 Å². The van der Waals surface area contributed by atoms with Crippen molar-refractivity contribution in [2.75, 3.05) is 0 Å². The maximum Gasteiger partial charge on any atom is 0.306 e. The molecule has 0 aliphatic rings. The summed E-state index contributed by atoms with van der Waals surface area (Å²) in [5.41, 5.74) is 0. The molecule has 0 aliphatic heterocycles. The smallest absolute Gasteiger partial charge is 0.306 e. The summed E-state index contributed by atoms with van der Waals surface area (Å²) in [5, 5.41) is 8.98. The molecule has 4 nitrogen and oxygen atoms in total. The van der Waals surface area contributed by atoms with Gasteiger partial charge in [0.25, 0.3) is 0 Å². The average Bonchev–Trinajstić information content (AvgIpc) is 2.97. The summed E-state index contributed by atoms with van der Waals surface area (Å²) in [6, 6.07) is 0. The molecule has 0 aromatic carbocycles. The van der Waals surface area contributed by atoms with E-state index in [1.54, 1.807) is 0 Å². The average molecular weight is 595 g/mol. The Hall–Kier alpha value is -1.06. The van der Waals surface area contributed by atoms with Crippen molar-refractivity contribution in [3.63, 3.8) is 0 Å². The van der Waals surface area contributed by atoms with Crippen molar-refractivity contribution in [2.24, 2.45) is 0 Å². The van der Waals surface area contributed by atoms with Gasteiger partial charge in [0.05, 0.1) is 0 Å². The number of carbonyl (C=O) groups is 2. The highest BCUT2D eigenvalue weighted by Crippen LogP contribution is 2.18. The summed E-state index contributed by atoms with van der Waals surface area (Å²) < 4.78 is 5.81. The third-order valence-corrected chi connectivity index (χ3v) is 8.83. The van der Waals surface area contributed by atoms with E-state index in [0.29, 0.717) is 19.3 Å². The first-order valence-electron chi connectivity index (χ1n) is 19.0. The Morgan fingerprint density at radius 2 is 0.738 bits per heavy atom. The Morgan fingerprint density at radius 1 is 0.429 bits per heavy atom. The van der Waals surface area contributed by atoms with Crippen molar-refractivity contribution in [3.8, 4) is 0 Å². The van der Waals surface area contributed by atoms with Gasteiger partial charge < -0.3 is 9.84 Å². The zero-order valence-electron chi connectivity index (χ0n) is 28.6. The highest BCUT2D eigenvalue weighted by molar-refractivity contribution is 5.69. The molecule has 0 aliphatic carbocycles. The van der Waals surface area contributed by atoms with Gasteiger partial charge in [0.2, 0.25) is 0 Å². The second-order valence-corrected chi connectivity index (χ2v) is 13.1. The third-order valence-electron chi connectivity index (χ3n) is 8.83. The van der Waals surface area contributed by atoms with Crippen molar-refractivity contribution in [2.45, 2.75) is 232 Å². The number of esters is 1. The molecule has 0 fully saturated rings. The highest BCUT2D eigenvalue weighted by atomic mass is 16.5. The zero-order chi connectivity index (χ0) is 30.8. The Labute approximate surface area is 262 Å². The van der Waals surface area contributed by atoms with Crippen LogP contribution < -0.4 is 0 Å². The summed E-state index contributed by atoms with van der Waals surface area (Å²) in [7, 11) is 0. The van der Waals surface area contributed by atoms with Crippen LogP contribution in [0.3, 0.4) is 0 Å². The van der Waals surface area contributed by atoms with E-state index in [-0.39, 0.29) is 18.5 Å². The molecule has 0 saturated carbocycles. The van der Waals surface area contributed by atoms with Crippen LogP contribution in [0, 0.1) is 0 Å². The van der Waals surface area contributed by atoms with Gasteiger partial charge in [-0.3, -0.25) is 9.59 Å². The fraction of sp³-hybridized carbons (Fsp3) is 0.947. The van der Waals surface area contributed by atoms with Crippen LogP contribution in [-0.4, -0.2) is 23.1 Å². The lowest BCUT2D eigenvalue weighted by Crippen LogP contribution is -2.18. The van der Waals surface area contributed by atoms with E-state index in [0.717, 1.165) is 25.7 Å². The van der Waals surface area contributed by atoms with Crippen molar-refractivity contribution in [1.29, 1.82) is 0 Å². The molecule has 0 saturated heterocycles. The molecule has 250 valence electrons. The quantitative estimate of drug-likeness (QED) is 0.0585. The number of unbranched alkanes of at least 4 members (excludes halogenated alkanes) is 26. The van der Waals surface area contributed by atoms with E-state index >= 15 is 0 Å². The van der Waals surface area contributed by atoms with E-state index in [1.165, 1.54) is 161 Å². The Balaban J connectivity index is 3.67. The van der Waals surface area contributed by atoms with Crippen LogP contribution in [-0.2, 0) is 14.3 Å². The highest BCUT2D eigenvalue weighted by Gasteiger charge is 2.15. The van der Waals surface area contributed by atoms with Crippen LogP contribution in [0.15, 0.2) is 0 Å². The molecule has 0 spiro atoms.